The van der Waals surface area contributed by atoms with Crippen molar-refractivity contribution >= 4 is 44.8 Å². The quantitative estimate of drug-likeness (QED) is 0.550. The molecule has 2 aromatic rings. The molecule has 0 atom stereocenters. The summed E-state index contributed by atoms with van der Waals surface area (Å²) in [5, 5.41) is 20.6. The van der Waals surface area contributed by atoms with Gasteiger partial charge in [0, 0.05) is 11.5 Å². The number of fused-ring (bicyclic) bond motifs is 1. The summed E-state index contributed by atoms with van der Waals surface area (Å²) in [4.78, 5) is 8.61. The van der Waals surface area contributed by atoms with Crippen LogP contribution in [0.1, 0.15) is 12.6 Å². The first-order valence-corrected chi connectivity index (χ1v) is 8.35. The van der Waals surface area contributed by atoms with E-state index in [0.717, 1.165) is 28.9 Å². The maximum absolute atomic E-state index is 7.42. The van der Waals surface area contributed by atoms with Gasteiger partial charge in [-0.05, 0) is 13.3 Å². The van der Waals surface area contributed by atoms with Crippen LogP contribution in [0.2, 0.25) is 0 Å². The van der Waals surface area contributed by atoms with Gasteiger partial charge in [0.25, 0.3) is 0 Å². The van der Waals surface area contributed by atoms with Crippen LogP contribution < -0.4 is 5.73 Å². The summed E-state index contributed by atoms with van der Waals surface area (Å²) < 4.78 is 1.81. The fourth-order valence-electron chi connectivity index (χ4n) is 1.85. The van der Waals surface area contributed by atoms with E-state index in [9.17, 15) is 0 Å². The van der Waals surface area contributed by atoms with Crippen molar-refractivity contribution in [1.29, 1.82) is 10.8 Å². The van der Waals surface area contributed by atoms with Crippen molar-refractivity contribution in [3.8, 4) is 0 Å². The van der Waals surface area contributed by atoms with Crippen LogP contribution in [-0.4, -0.2) is 41.5 Å². The number of aryl methyl sites for hydroxylation is 2. The summed E-state index contributed by atoms with van der Waals surface area (Å²) >= 11 is 2.80. The molecular formula is C12H17N7S2. The van der Waals surface area contributed by atoms with Gasteiger partial charge in [0.15, 0.2) is 10.8 Å². The van der Waals surface area contributed by atoms with Crippen LogP contribution in [0.4, 0.5) is 0 Å². The van der Waals surface area contributed by atoms with Crippen molar-refractivity contribution in [2.24, 2.45) is 5.73 Å². The van der Waals surface area contributed by atoms with Crippen LogP contribution in [0, 0.1) is 10.8 Å². The summed E-state index contributed by atoms with van der Waals surface area (Å²) in [6.45, 7) is 2.43. The van der Waals surface area contributed by atoms with E-state index < -0.39 is 0 Å². The van der Waals surface area contributed by atoms with Crippen LogP contribution >= 0.6 is 23.5 Å². The third-order valence-electron chi connectivity index (χ3n) is 2.73. The third-order valence-corrected chi connectivity index (χ3v) is 4.27. The smallest absolute Gasteiger partial charge is 0.161 e. The largest absolute Gasteiger partial charge is 0.379 e. The van der Waals surface area contributed by atoms with Gasteiger partial charge in [-0.2, -0.15) is 5.10 Å². The number of nitrogens with two attached hydrogens (primary N) is 1. The summed E-state index contributed by atoms with van der Waals surface area (Å²) in [5.41, 5.74) is 7.08. The highest BCUT2D eigenvalue weighted by Gasteiger charge is 2.09. The molecule has 9 heteroatoms. The van der Waals surface area contributed by atoms with Gasteiger partial charge >= 0.3 is 0 Å². The minimum atomic E-state index is 0.112. The lowest BCUT2D eigenvalue weighted by Gasteiger charge is -2.04. The Hall–Kier alpha value is -1.61. The van der Waals surface area contributed by atoms with Gasteiger partial charge in [-0.1, -0.05) is 11.8 Å². The Balaban J connectivity index is 2.09. The standard InChI is InChI=1S/C12H17N7S2/c1-8(13)20-4-2-10-9-6-18-19(3-5-21-12(14)15)11(9)17-7-16-10/h6-7,13H,2-5H2,1H3,(H3,14,15). The maximum Gasteiger partial charge on any atom is 0.161 e. The summed E-state index contributed by atoms with van der Waals surface area (Å²) in [5.74, 6) is 1.51. The van der Waals surface area contributed by atoms with Crippen molar-refractivity contribution in [2.75, 3.05) is 11.5 Å². The van der Waals surface area contributed by atoms with E-state index in [0.29, 0.717) is 17.3 Å². The molecule has 2 aromatic heterocycles. The van der Waals surface area contributed by atoms with E-state index in [4.69, 9.17) is 16.6 Å². The first-order chi connectivity index (χ1) is 10.1. The molecule has 0 fully saturated rings. The van der Waals surface area contributed by atoms with E-state index in [1.54, 1.807) is 19.4 Å². The fraction of sp³-hybridized carbons (Fsp3) is 0.417. The molecule has 2 heterocycles. The highest BCUT2D eigenvalue weighted by atomic mass is 32.2. The Morgan fingerprint density at radius 3 is 2.81 bits per heavy atom. The summed E-state index contributed by atoms with van der Waals surface area (Å²) in [6, 6.07) is 0. The van der Waals surface area contributed by atoms with Gasteiger partial charge in [0.2, 0.25) is 0 Å². The van der Waals surface area contributed by atoms with Crippen molar-refractivity contribution in [2.45, 2.75) is 19.9 Å². The molecule has 2 rings (SSSR count). The molecule has 0 radical (unpaired) electrons. The van der Waals surface area contributed by atoms with E-state index in [2.05, 4.69) is 15.1 Å². The number of nitrogens with zero attached hydrogens (tertiary/aromatic N) is 4. The Kier molecular flexibility index (Phi) is 5.57. The Bertz CT molecular complexity index is 652. The number of thioether (sulfide) groups is 2. The molecule has 0 aliphatic rings. The van der Waals surface area contributed by atoms with Crippen LogP contribution in [0.15, 0.2) is 12.5 Å². The monoisotopic (exact) mass is 323 g/mol. The Labute approximate surface area is 131 Å². The SMILES string of the molecule is CC(=N)SCCc1ncnc2c1cnn2CCSC(=N)N. The van der Waals surface area contributed by atoms with Gasteiger partial charge in [0.05, 0.1) is 28.9 Å². The molecular weight excluding hydrogens is 306 g/mol. The summed E-state index contributed by atoms with van der Waals surface area (Å²) in [6.07, 6.45) is 4.12. The van der Waals surface area contributed by atoms with Crippen molar-refractivity contribution in [3.05, 3.63) is 18.2 Å². The molecule has 0 bridgehead atoms. The zero-order chi connectivity index (χ0) is 15.2. The molecule has 0 spiro atoms. The van der Waals surface area contributed by atoms with E-state index >= 15 is 0 Å². The number of rotatable bonds is 6. The summed E-state index contributed by atoms with van der Waals surface area (Å²) in [7, 11) is 0. The zero-order valence-electron chi connectivity index (χ0n) is 11.7. The van der Waals surface area contributed by atoms with Gasteiger partial charge in [0.1, 0.15) is 6.33 Å². The average Bonchev–Trinajstić information content (AvgIpc) is 2.82. The number of hydrogen-bond donors (Lipinski definition) is 3. The molecule has 0 amide bonds. The Morgan fingerprint density at radius 1 is 1.29 bits per heavy atom. The highest BCUT2D eigenvalue weighted by Crippen LogP contribution is 2.17. The number of hydrogen-bond acceptors (Lipinski definition) is 7. The molecule has 7 nitrogen and oxygen atoms in total. The molecule has 0 unspecified atom stereocenters. The van der Waals surface area contributed by atoms with Crippen molar-refractivity contribution in [3.63, 3.8) is 0 Å². The van der Waals surface area contributed by atoms with Gasteiger partial charge in [-0.25, -0.2) is 14.6 Å². The van der Waals surface area contributed by atoms with E-state index in [-0.39, 0.29) is 5.17 Å². The zero-order valence-corrected chi connectivity index (χ0v) is 13.3. The van der Waals surface area contributed by atoms with Crippen LogP contribution in [0.3, 0.4) is 0 Å². The highest BCUT2D eigenvalue weighted by molar-refractivity contribution is 8.13. The fourth-order valence-corrected chi connectivity index (χ4v) is 2.93. The van der Waals surface area contributed by atoms with Gasteiger partial charge in [-0.3, -0.25) is 10.8 Å². The second-order valence-electron chi connectivity index (χ2n) is 4.29. The van der Waals surface area contributed by atoms with Crippen LogP contribution in [0.25, 0.3) is 11.0 Å². The lowest BCUT2D eigenvalue weighted by molar-refractivity contribution is 0.683. The molecule has 0 aromatic carbocycles. The number of amidine groups is 1. The lowest BCUT2D eigenvalue weighted by atomic mass is 10.2. The normalized spacial score (nSPS) is 10.9. The van der Waals surface area contributed by atoms with Crippen molar-refractivity contribution < 1.29 is 0 Å². The third kappa shape index (κ3) is 4.43. The lowest BCUT2D eigenvalue weighted by Crippen LogP contribution is -2.09. The maximum atomic E-state index is 7.42. The van der Waals surface area contributed by atoms with E-state index in [1.807, 2.05) is 4.68 Å². The van der Waals surface area contributed by atoms with Crippen LogP contribution in [-0.2, 0) is 13.0 Å². The first kappa shape index (κ1) is 15.8. The molecule has 0 saturated carbocycles. The van der Waals surface area contributed by atoms with Crippen LogP contribution in [0.5, 0.6) is 0 Å². The predicted molar refractivity (Wildman–Crippen MR) is 89.3 cm³/mol. The predicted octanol–water partition coefficient (Wildman–Crippen LogP) is 1.73. The average molecular weight is 323 g/mol. The number of aromatic nitrogens is 4. The first-order valence-electron chi connectivity index (χ1n) is 6.38. The van der Waals surface area contributed by atoms with Crippen molar-refractivity contribution in [1.82, 2.24) is 19.7 Å². The molecule has 4 N–H and O–H groups in total. The van der Waals surface area contributed by atoms with E-state index in [1.165, 1.54) is 23.5 Å². The molecule has 0 saturated heterocycles. The minimum absolute atomic E-state index is 0.112. The van der Waals surface area contributed by atoms with Gasteiger partial charge < -0.3 is 5.73 Å². The molecule has 21 heavy (non-hydrogen) atoms. The molecule has 0 aliphatic carbocycles. The molecule has 112 valence electrons. The topological polar surface area (TPSA) is 117 Å². The number of nitrogens with one attached hydrogen (secondary N) is 2. The Morgan fingerprint density at radius 2 is 2.10 bits per heavy atom. The second kappa shape index (κ2) is 7.41. The second-order valence-corrected chi connectivity index (χ2v) is 6.74. The molecule has 0 aliphatic heterocycles. The van der Waals surface area contributed by atoms with Gasteiger partial charge in [-0.15, -0.1) is 11.8 Å². The minimum Gasteiger partial charge on any atom is -0.379 e.